The number of amides is 1. The van der Waals surface area contributed by atoms with Crippen LogP contribution in [-0.4, -0.2) is 61.0 Å². The number of cyclic esters (lactones) is 1. The van der Waals surface area contributed by atoms with Gasteiger partial charge in [-0.3, -0.25) is 9.69 Å². The molecule has 2 aliphatic rings. The highest BCUT2D eigenvalue weighted by Crippen LogP contribution is 2.33. The van der Waals surface area contributed by atoms with Crippen molar-refractivity contribution in [3.8, 4) is 5.75 Å². The Labute approximate surface area is 174 Å². The first-order chi connectivity index (χ1) is 14.1. The molecule has 0 aliphatic carbocycles. The monoisotopic (exact) mass is 414 g/mol. The van der Waals surface area contributed by atoms with Gasteiger partial charge in [0.25, 0.3) is 0 Å². The number of hydrogen-bond acceptors (Lipinski definition) is 5. The zero-order valence-corrected chi connectivity index (χ0v) is 16.8. The van der Waals surface area contributed by atoms with E-state index in [1.807, 2.05) is 29.2 Å². The lowest BCUT2D eigenvalue weighted by atomic mass is 10.0. The van der Waals surface area contributed by atoms with Gasteiger partial charge in [0.05, 0.1) is 12.0 Å². The maximum atomic E-state index is 12.7. The van der Waals surface area contributed by atoms with Crippen molar-refractivity contribution in [2.45, 2.75) is 12.5 Å². The van der Waals surface area contributed by atoms with Crippen LogP contribution in [0.4, 0.5) is 0 Å². The fourth-order valence-electron chi connectivity index (χ4n) is 3.70. The normalized spacial score (nSPS) is 19.0. The first-order valence-corrected chi connectivity index (χ1v) is 10.2. The van der Waals surface area contributed by atoms with E-state index >= 15 is 0 Å². The molecule has 1 saturated heterocycles. The van der Waals surface area contributed by atoms with Crippen molar-refractivity contribution in [1.29, 1.82) is 0 Å². The predicted octanol–water partition coefficient (Wildman–Crippen LogP) is 3.16. The van der Waals surface area contributed by atoms with E-state index in [0.717, 1.165) is 30.9 Å². The summed E-state index contributed by atoms with van der Waals surface area (Å²) in [5.74, 6) is 0.482. The van der Waals surface area contributed by atoms with Crippen LogP contribution in [0.3, 0.4) is 0 Å². The van der Waals surface area contributed by atoms with E-state index in [0.29, 0.717) is 30.3 Å². The smallest absolute Gasteiger partial charge is 0.339 e. The fraction of sp³-hybridized carbons (Fsp3) is 0.364. The molecule has 2 aliphatic heterocycles. The van der Waals surface area contributed by atoms with E-state index in [9.17, 15) is 9.59 Å². The van der Waals surface area contributed by atoms with E-state index in [1.54, 1.807) is 24.3 Å². The van der Waals surface area contributed by atoms with Crippen LogP contribution < -0.4 is 4.74 Å². The quantitative estimate of drug-likeness (QED) is 0.679. The minimum absolute atomic E-state index is 0.0246. The SMILES string of the molecule is O=C1O[C@H](CC(=O)N2CCN(CCOc3ccc(Cl)cc3)CC2)c2ccccc21. The number of carbonyl (C=O) groups is 2. The Morgan fingerprint density at radius 1 is 1.07 bits per heavy atom. The number of rotatable bonds is 6. The molecule has 1 fully saturated rings. The molecule has 0 radical (unpaired) electrons. The number of fused-ring (bicyclic) bond motifs is 1. The minimum Gasteiger partial charge on any atom is -0.492 e. The van der Waals surface area contributed by atoms with Crippen LogP contribution in [0, 0.1) is 0 Å². The average molecular weight is 415 g/mol. The van der Waals surface area contributed by atoms with Crippen molar-refractivity contribution in [2.24, 2.45) is 0 Å². The summed E-state index contributed by atoms with van der Waals surface area (Å²) in [5, 5.41) is 0.689. The fourth-order valence-corrected chi connectivity index (χ4v) is 3.83. The first-order valence-electron chi connectivity index (χ1n) is 9.78. The van der Waals surface area contributed by atoms with Crippen LogP contribution >= 0.6 is 11.6 Å². The van der Waals surface area contributed by atoms with Gasteiger partial charge >= 0.3 is 5.97 Å². The molecular formula is C22H23ClN2O4. The Morgan fingerprint density at radius 3 is 2.55 bits per heavy atom. The third-order valence-electron chi connectivity index (χ3n) is 5.35. The summed E-state index contributed by atoms with van der Waals surface area (Å²) in [7, 11) is 0. The van der Waals surface area contributed by atoms with Crippen LogP contribution in [0.5, 0.6) is 5.75 Å². The average Bonchev–Trinajstić information content (AvgIpc) is 3.06. The van der Waals surface area contributed by atoms with Gasteiger partial charge in [0.15, 0.2) is 0 Å². The highest BCUT2D eigenvalue weighted by atomic mass is 35.5. The molecule has 7 heteroatoms. The van der Waals surface area contributed by atoms with Gasteiger partial charge in [0.2, 0.25) is 5.91 Å². The molecule has 29 heavy (non-hydrogen) atoms. The molecule has 0 saturated carbocycles. The summed E-state index contributed by atoms with van der Waals surface area (Å²) in [5.41, 5.74) is 1.37. The van der Waals surface area contributed by atoms with Gasteiger partial charge in [0.1, 0.15) is 18.5 Å². The van der Waals surface area contributed by atoms with Crippen LogP contribution in [-0.2, 0) is 9.53 Å². The van der Waals surface area contributed by atoms with Crippen molar-refractivity contribution in [1.82, 2.24) is 9.80 Å². The Hall–Kier alpha value is -2.57. The van der Waals surface area contributed by atoms with Gasteiger partial charge in [-0.25, -0.2) is 4.79 Å². The van der Waals surface area contributed by atoms with Crippen molar-refractivity contribution in [2.75, 3.05) is 39.3 Å². The highest BCUT2D eigenvalue weighted by molar-refractivity contribution is 6.30. The van der Waals surface area contributed by atoms with Crippen LogP contribution in [0.1, 0.15) is 28.4 Å². The van der Waals surface area contributed by atoms with Gasteiger partial charge in [-0.15, -0.1) is 0 Å². The second-order valence-electron chi connectivity index (χ2n) is 7.21. The van der Waals surface area contributed by atoms with Gasteiger partial charge in [-0.1, -0.05) is 29.8 Å². The summed E-state index contributed by atoms with van der Waals surface area (Å²) < 4.78 is 11.1. The molecule has 4 rings (SSSR count). The number of carbonyl (C=O) groups excluding carboxylic acids is 2. The number of benzene rings is 2. The summed E-state index contributed by atoms with van der Waals surface area (Å²) in [6, 6.07) is 14.6. The third-order valence-corrected chi connectivity index (χ3v) is 5.60. The Morgan fingerprint density at radius 2 is 1.79 bits per heavy atom. The number of ether oxygens (including phenoxy) is 2. The molecule has 2 heterocycles. The predicted molar refractivity (Wildman–Crippen MR) is 109 cm³/mol. The van der Waals surface area contributed by atoms with Crippen molar-refractivity contribution in [3.63, 3.8) is 0 Å². The molecule has 0 unspecified atom stereocenters. The standard InChI is InChI=1S/C22H23ClN2O4/c23-16-5-7-17(8-6-16)28-14-13-24-9-11-25(12-10-24)21(26)15-20-18-3-1-2-4-19(18)22(27)29-20/h1-8,20H,9-15H2/t20-/m1/s1. The maximum absolute atomic E-state index is 12.7. The maximum Gasteiger partial charge on any atom is 0.339 e. The molecule has 0 aromatic heterocycles. The van der Waals surface area contributed by atoms with E-state index in [2.05, 4.69) is 4.90 Å². The van der Waals surface area contributed by atoms with Gasteiger partial charge in [-0.05, 0) is 30.3 Å². The number of esters is 1. The van der Waals surface area contributed by atoms with Gasteiger partial charge in [0, 0.05) is 43.3 Å². The zero-order valence-electron chi connectivity index (χ0n) is 16.1. The second kappa shape index (κ2) is 8.84. The van der Waals surface area contributed by atoms with E-state index < -0.39 is 6.10 Å². The largest absolute Gasteiger partial charge is 0.492 e. The van der Waals surface area contributed by atoms with Crippen LogP contribution in [0.25, 0.3) is 0 Å². The molecule has 152 valence electrons. The van der Waals surface area contributed by atoms with E-state index in [1.165, 1.54) is 0 Å². The first kappa shape index (κ1) is 19.7. The lowest BCUT2D eigenvalue weighted by molar-refractivity contribution is -0.135. The van der Waals surface area contributed by atoms with E-state index in [4.69, 9.17) is 21.1 Å². The number of nitrogens with zero attached hydrogens (tertiary/aromatic N) is 2. The molecule has 0 spiro atoms. The summed E-state index contributed by atoms with van der Waals surface area (Å²) in [4.78, 5) is 28.7. The number of piperazine rings is 1. The lowest BCUT2D eigenvalue weighted by Crippen LogP contribution is -2.49. The van der Waals surface area contributed by atoms with Crippen molar-refractivity contribution in [3.05, 3.63) is 64.7 Å². The second-order valence-corrected chi connectivity index (χ2v) is 7.65. The molecule has 1 atom stereocenters. The molecule has 2 aromatic carbocycles. The third kappa shape index (κ3) is 4.71. The Kier molecular flexibility index (Phi) is 6.02. The van der Waals surface area contributed by atoms with Crippen LogP contribution in [0.2, 0.25) is 5.02 Å². The Bertz CT molecular complexity index is 879. The Balaban J connectivity index is 1.21. The number of halogens is 1. The number of hydrogen-bond donors (Lipinski definition) is 0. The van der Waals surface area contributed by atoms with Crippen molar-refractivity contribution >= 4 is 23.5 Å². The molecule has 0 bridgehead atoms. The van der Waals surface area contributed by atoms with Gasteiger partial charge < -0.3 is 14.4 Å². The topological polar surface area (TPSA) is 59.1 Å². The molecule has 6 nitrogen and oxygen atoms in total. The molecule has 0 N–H and O–H groups in total. The zero-order chi connectivity index (χ0) is 20.2. The molecule has 1 amide bonds. The highest BCUT2D eigenvalue weighted by Gasteiger charge is 2.33. The summed E-state index contributed by atoms with van der Waals surface area (Å²) >= 11 is 5.87. The minimum atomic E-state index is -0.475. The summed E-state index contributed by atoms with van der Waals surface area (Å²) in [6.07, 6.45) is -0.278. The van der Waals surface area contributed by atoms with Crippen LogP contribution in [0.15, 0.2) is 48.5 Å². The van der Waals surface area contributed by atoms with E-state index in [-0.39, 0.29) is 18.3 Å². The summed E-state index contributed by atoms with van der Waals surface area (Å²) in [6.45, 7) is 4.33. The lowest BCUT2D eigenvalue weighted by Gasteiger charge is -2.35. The van der Waals surface area contributed by atoms with Crippen molar-refractivity contribution < 1.29 is 19.1 Å². The molecule has 2 aromatic rings. The van der Waals surface area contributed by atoms with Gasteiger partial charge in [-0.2, -0.15) is 0 Å². The molecular weight excluding hydrogens is 392 g/mol.